The zero-order valence-electron chi connectivity index (χ0n) is 10.8. The van der Waals surface area contributed by atoms with Gasteiger partial charge in [-0.3, -0.25) is 4.79 Å². The van der Waals surface area contributed by atoms with Crippen LogP contribution in [0.1, 0.15) is 10.4 Å². The van der Waals surface area contributed by atoms with E-state index in [9.17, 15) is 13.2 Å². The molecule has 0 bridgehead atoms. The monoisotopic (exact) mass is 352 g/mol. The second-order valence-corrected chi connectivity index (χ2v) is 8.11. The van der Waals surface area contributed by atoms with Crippen LogP contribution in [0.3, 0.4) is 0 Å². The lowest BCUT2D eigenvalue weighted by atomic mass is 10.0. The number of Topliss-reactive ketones (excluding diaryl/α,β-unsaturated/α-hetero) is 1. The summed E-state index contributed by atoms with van der Waals surface area (Å²) in [6, 6.07) is 16.7. The Morgan fingerprint density at radius 1 is 0.950 bits per heavy atom. The predicted octanol–water partition coefficient (Wildman–Crippen LogP) is 3.30. The molecule has 0 aromatic heterocycles. The van der Waals surface area contributed by atoms with Gasteiger partial charge in [-0.2, -0.15) is 0 Å². The van der Waals surface area contributed by atoms with E-state index in [4.69, 9.17) is 0 Å². The van der Waals surface area contributed by atoms with Crippen molar-refractivity contribution >= 4 is 31.6 Å². The standard InChI is InChI=1S/C15H13BrO3S/c1-20(18,19)15(16)14(17)13-9-7-12(8-10-13)11-5-3-2-4-6-11/h2-10,15H,1H3. The molecule has 0 spiro atoms. The summed E-state index contributed by atoms with van der Waals surface area (Å²) in [6.45, 7) is 0. The molecule has 0 N–H and O–H groups in total. The van der Waals surface area contributed by atoms with E-state index in [1.807, 2.05) is 42.5 Å². The van der Waals surface area contributed by atoms with E-state index < -0.39 is 19.8 Å². The van der Waals surface area contributed by atoms with E-state index in [0.717, 1.165) is 17.4 Å². The second kappa shape index (κ2) is 5.89. The molecule has 0 aliphatic heterocycles. The zero-order valence-corrected chi connectivity index (χ0v) is 13.2. The van der Waals surface area contributed by atoms with Crippen molar-refractivity contribution in [3.8, 4) is 11.1 Å². The molecule has 0 aliphatic rings. The molecule has 0 radical (unpaired) electrons. The summed E-state index contributed by atoms with van der Waals surface area (Å²) < 4.78 is 21.5. The minimum Gasteiger partial charge on any atom is -0.292 e. The van der Waals surface area contributed by atoms with Crippen molar-refractivity contribution in [3.63, 3.8) is 0 Å². The number of ketones is 1. The number of carbonyl (C=O) groups is 1. The Balaban J connectivity index is 2.27. The second-order valence-electron chi connectivity index (χ2n) is 4.45. The first-order valence-electron chi connectivity index (χ1n) is 5.92. The normalized spacial score (nSPS) is 12.9. The first kappa shape index (κ1) is 14.9. The molecule has 0 saturated heterocycles. The molecule has 1 atom stereocenters. The van der Waals surface area contributed by atoms with Gasteiger partial charge in [0, 0.05) is 11.8 Å². The lowest BCUT2D eigenvalue weighted by Gasteiger charge is -2.08. The highest BCUT2D eigenvalue weighted by molar-refractivity contribution is 9.11. The third-order valence-electron chi connectivity index (χ3n) is 2.86. The van der Waals surface area contributed by atoms with Crippen LogP contribution in [0, 0.1) is 0 Å². The zero-order chi connectivity index (χ0) is 14.8. The lowest BCUT2D eigenvalue weighted by Crippen LogP contribution is -2.23. The van der Waals surface area contributed by atoms with Gasteiger partial charge in [0.2, 0.25) is 0 Å². The molecule has 20 heavy (non-hydrogen) atoms. The average Bonchev–Trinajstić information content (AvgIpc) is 2.46. The van der Waals surface area contributed by atoms with Crippen LogP contribution in [-0.2, 0) is 9.84 Å². The molecule has 2 rings (SSSR count). The number of benzene rings is 2. The summed E-state index contributed by atoms with van der Waals surface area (Å²) in [7, 11) is -3.45. The van der Waals surface area contributed by atoms with Crippen LogP contribution < -0.4 is 0 Å². The van der Waals surface area contributed by atoms with E-state index in [1.54, 1.807) is 12.1 Å². The maximum atomic E-state index is 12.0. The molecule has 0 saturated carbocycles. The van der Waals surface area contributed by atoms with E-state index in [2.05, 4.69) is 15.9 Å². The van der Waals surface area contributed by atoms with Crippen molar-refractivity contribution in [2.75, 3.05) is 6.26 Å². The highest BCUT2D eigenvalue weighted by Crippen LogP contribution is 2.21. The van der Waals surface area contributed by atoms with Crippen molar-refractivity contribution in [1.82, 2.24) is 0 Å². The van der Waals surface area contributed by atoms with Gasteiger partial charge < -0.3 is 0 Å². The first-order chi connectivity index (χ1) is 9.39. The third-order valence-corrected chi connectivity index (χ3v) is 6.28. The van der Waals surface area contributed by atoms with Crippen molar-refractivity contribution in [3.05, 3.63) is 60.2 Å². The Bertz CT molecular complexity index is 707. The van der Waals surface area contributed by atoms with Crippen molar-refractivity contribution in [2.45, 2.75) is 4.16 Å². The van der Waals surface area contributed by atoms with Gasteiger partial charge in [0.15, 0.2) is 19.8 Å². The molecule has 104 valence electrons. The van der Waals surface area contributed by atoms with E-state index in [1.165, 1.54) is 0 Å². The van der Waals surface area contributed by atoms with Crippen molar-refractivity contribution in [2.24, 2.45) is 0 Å². The smallest absolute Gasteiger partial charge is 0.191 e. The topological polar surface area (TPSA) is 51.2 Å². The fourth-order valence-electron chi connectivity index (χ4n) is 1.78. The summed E-state index contributed by atoms with van der Waals surface area (Å²) >= 11 is 2.93. The number of halogens is 1. The van der Waals surface area contributed by atoms with Gasteiger partial charge in [-0.15, -0.1) is 0 Å². The summed E-state index contributed by atoms with van der Waals surface area (Å²) in [6.07, 6.45) is 1.03. The van der Waals surface area contributed by atoms with Gasteiger partial charge in [-0.25, -0.2) is 8.42 Å². The van der Waals surface area contributed by atoms with E-state index in [-0.39, 0.29) is 0 Å². The predicted molar refractivity (Wildman–Crippen MR) is 83.8 cm³/mol. The highest BCUT2D eigenvalue weighted by Gasteiger charge is 2.26. The van der Waals surface area contributed by atoms with Crippen LogP contribution in [0.4, 0.5) is 0 Å². The molecule has 5 heteroatoms. The van der Waals surface area contributed by atoms with Crippen LogP contribution in [0.15, 0.2) is 54.6 Å². The molecular weight excluding hydrogens is 340 g/mol. The van der Waals surface area contributed by atoms with E-state index in [0.29, 0.717) is 5.56 Å². The van der Waals surface area contributed by atoms with Gasteiger partial charge in [-0.1, -0.05) is 70.5 Å². The lowest BCUT2D eigenvalue weighted by molar-refractivity contribution is 0.101. The van der Waals surface area contributed by atoms with Crippen LogP contribution in [0.2, 0.25) is 0 Å². The fraction of sp³-hybridized carbons (Fsp3) is 0.133. The average molecular weight is 353 g/mol. The van der Waals surface area contributed by atoms with Gasteiger partial charge >= 0.3 is 0 Å². The maximum Gasteiger partial charge on any atom is 0.191 e. The van der Waals surface area contributed by atoms with E-state index >= 15 is 0 Å². The number of hydrogen-bond acceptors (Lipinski definition) is 3. The fourth-order valence-corrected chi connectivity index (χ4v) is 2.57. The maximum absolute atomic E-state index is 12.0. The molecule has 0 heterocycles. The minimum atomic E-state index is -3.45. The summed E-state index contributed by atoms with van der Waals surface area (Å²) in [5.41, 5.74) is 2.40. The number of alkyl halides is 1. The van der Waals surface area contributed by atoms with Crippen LogP contribution in [0.5, 0.6) is 0 Å². The van der Waals surface area contributed by atoms with Crippen LogP contribution >= 0.6 is 15.9 Å². The quantitative estimate of drug-likeness (QED) is 0.626. The Labute approximate surface area is 126 Å². The third kappa shape index (κ3) is 3.35. The SMILES string of the molecule is CS(=O)(=O)C(Br)C(=O)c1ccc(-c2ccccc2)cc1. The Hall–Kier alpha value is -1.46. The first-order valence-corrected chi connectivity index (χ1v) is 8.79. The van der Waals surface area contributed by atoms with Gasteiger partial charge in [0.05, 0.1) is 0 Å². The Kier molecular flexibility index (Phi) is 4.40. The molecule has 2 aromatic carbocycles. The number of carbonyl (C=O) groups excluding carboxylic acids is 1. The largest absolute Gasteiger partial charge is 0.292 e. The number of hydrogen-bond donors (Lipinski definition) is 0. The Morgan fingerprint density at radius 3 is 1.95 bits per heavy atom. The Morgan fingerprint density at radius 2 is 1.45 bits per heavy atom. The number of sulfone groups is 1. The van der Waals surface area contributed by atoms with Crippen LogP contribution in [-0.4, -0.2) is 24.6 Å². The van der Waals surface area contributed by atoms with Crippen molar-refractivity contribution < 1.29 is 13.2 Å². The molecule has 1 unspecified atom stereocenters. The van der Waals surface area contributed by atoms with Gasteiger partial charge in [0.25, 0.3) is 0 Å². The molecular formula is C15H13BrO3S. The summed E-state index contributed by atoms with van der Waals surface area (Å²) in [5.74, 6) is -0.452. The molecule has 2 aromatic rings. The molecule has 0 aliphatic carbocycles. The number of rotatable bonds is 4. The van der Waals surface area contributed by atoms with Gasteiger partial charge in [-0.05, 0) is 11.1 Å². The van der Waals surface area contributed by atoms with Crippen LogP contribution in [0.25, 0.3) is 11.1 Å². The van der Waals surface area contributed by atoms with Gasteiger partial charge in [0.1, 0.15) is 0 Å². The molecule has 3 nitrogen and oxygen atoms in total. The minimum absolute atomic E-state index is 0.372. The molecule has 0 fully saturated rings. The molecule has 0 amide bonds. The summed E-state index contributed by atoms with van der Waals surface area (Å²) in [4.78, 5) is 12.0. The van der Waals surface area contributed by atoms with Crippen molar-refractivity contribution in [1.29, 1.82) is 0 Å². The highest BCUT2D eigenvalue weighted by atomic mass is 79.9. The summed E-state index contributed by atoms with van der Waals surface area (Å²) in [5, 5.41) is 0.